The highest BCUT2D eigenvalue weighted by atomic mass is 32.2. The maximum Gasteiger partial charge on any atom is 0.273 e. The number of aryl methyl sites for hydroxylation is 1. The van der Waals surface area contributed by atoms with Gasteiger partial charge in [-0.2, -0.15) is 5.10 Å². The second-order valence-electron chi connectivity index (χ2n) is 7.99. The molecule has 7 nitrogen and oxygen atoms in total. The lowest BCUT2D eigenvalue weighted by Crippen LogP contribution is -2.21. The van der Waals surface area contributed by atoms with Crippen LogP contribution in [0.5, 0.6) is 0 Å². The van der Waals surface area contributed by atoms with Crippen LogP contribution in [0.4, 0.5) is 5.69 Å². The van der Waals surface area contributed by atoms with Gasteiger partial charge in [-0.3, -0.25) is 9.52 Å². The monoisotopic (exact) mass is 514 g/mol. The van der Waals surface area contributed by atoms with Gasteiger partial charge in [-0.25, -0.2) is 13.8 Å². The molecule has 0 spiro atoms. The Morgan fingerprint density at radius 3 is 2.42 bits per heavy atom. The van der Waals surface area contributed by atoms with E-state index in [1.54, 1.807) is 41.9 Å². The molecule has 36 heavy (non-hydrogen) atoms. The van der Waals surface area contributed by atoms with Gasteiger partial charge >= 0.3 is 0 Å². The summed E-state index contributed by atoms with van der Waals surface area (Å²) in [7, 11) is -1.80. The van der Waals surface area contributed by atoms with Crippen LogP contribution in [0.2, 0.25) is 0 Å². The number of hydrazone groups is 1. The molecule has 0 fully saturated rings. The number of sulfonamides is 1. The summed E-state index contributed by atoms with van der Waals surface area (Å²) >= 11 is 1.10. The molecule has 0 aliphatic heterocycles. The van der Waals surface area contributed by atoms with Gasteiger partial charge in [-0.1, -0.05) is 66.7 Å². The van der Waals surface area contributed by atoms with Crippen LogP contribution in [-0.2, 0) is 17.1 Å². The normalized spacial score (nSPS) is 11.7. The average molecular weight is 515 g/mol. The van der Waals surface area contributed by atoms with Crippen molar-refractivity contribution in [2.24, 2.45) is 12.1 Å². The molecule has 2 N–H and O–H groups in total. The molecule has 0 aliphatic carbocycles. The van der Waals surface area contributed by atoms with E-state index < -0.39 is 15.9 Å². The molecule has 0 atom stereocenters. The fourth-order valence-electron chi connectivity index (χ4n) is 4.10. The van der Waals surface area contributed by atoms with E-state index in [1.807, 2.05) is 61.6 Å². The van der Waals surface area contributed by atoms with E-state index in [4.69, 9.17) is 0 Å². The van der Waals surface area contributed by atoms with Crippen LogP contribution in [0.1, 0.15) is 15.9 Å². The van der Waals surface area contributed by atoms with Crippen molar-refractivity contribution in [3.8, 4) is 11.3 Å². The predicted molar refractivity (Wildman–Crippen MR) is 145 cm³/mol. The first-order chi connectivity index (χ1) is 17.5. The maximum absolute atomic E-state index is 13.0. The Hall–Kier alpha value is -4.21. The van der Waals surface area contributed by atoms with Gasteiger partial charge in [0.2, 0.25) is 0 Å². The van der Waals surface area contributed by atoms with Crippen molar-refractivity contribution >= 4 is 50.1 Å². The number of hydrogen-bond donors (Lipinski definition) is 2. The standard InChI is InChI=1S/C27H22N4O3S2/c1-31-24-15-8-6-12-20(24)22(26(31)19-10-3-2-4-11-19)18-28-29-27(32)21-13-5-7-14-23(21)30-36(33,34)25-16-9-17-35-25/h2-18,30H,1H3,(H,29,32)/b28-18+. The van der Waals surface area contributed by atoms with Crippen LogP contribution in [0.25, 0.3) is 22.2 Å². The van der Waals surface area contributed by atoms with Crippen molar-refractivity contribution in [3.05, 3.63) is 108 Å². The summed E-state index contributed by atoms with van der Waals surface area (Å²) in [6.45, 7) is 0. The number of anilines is 1. The van der Waals surface area contributed by atoms with Gasteiger partial charge in [0, 0.05) is 23.5 Å². The molecule has 0 bridgehead atoms. The number of rotatable bonds is 7. The van der Waals surface area contributed by atoms with Gasteiger partial charge in [0.05, 0.1) is 23.2 Å². The van der Waals surface area contributed by atoms with Gasteiger partial charge in [-0.05, 0) is 35.2 Å². The summed E-state index contributed by atoms with van der Waals surface area (Å²) in [6.07, 6.45) is 1.63. The smallest absolute Gasteiger partial charge is 0.273 e. The van der Waals surface area contributed by atoms with E-state index in [0.717, 1.165) is 39.1 Å². The van der Waals surface area contributed by atoms with Crippen molar-refractivity contribution in [2.75, 3.05) is 4.72 Å². The van der Waals surface area contributed by atoms with Crippen LogP contribution < -0.4 is 10.1 Å². The van der Waals surface area contributed by atoms with Gasteiger partial charge < -0.3 is 4.57 Å². The van der Waals surface area contributed by atoms with Crippen molar-refractivity contribution < 1.29 is 13.2 Å². The quantitative estimate of drug-likeness (QED) is 0.223. The Morgan fingerprint density at radius 2 is 1.64 bits per heavy atom. The first-order valence-corrected chi connectivity index (χ1v) is 13.4. The molecule has 0 radical (unpaired) electrons. The number of carbonyl (C=O) groups is 1. The van der Waals surface area contributed by atoms with Crippen LogP contribution in [0.15, 0.2) is 106 Å². The van der Waals surface area contributed by atoms with Gasteiger partial charge in [-0.15, -0.1) is 11.3 Å². The van der Waals surface area contributed by atoms with E-state index >= 15 is 0 Å². The molecule has 9 heteroatoms. The van der Waals surface area contributed by atoms with E-state index in [-0.39, 0.29) is 15.5 Å². The summed E-state index contributed by atoms with van der Waals surface area (Å²) in [5.41, 5.74) is 6.79. The number of hydrogen-bond acceptors (Lipinski definition) is 5. The van der Waals surface area contributed by atoms with E-state index in [2.05, 4.69) is 19.8 Å². The molecule has 5 rings (SSSR count). The van der Waals surface area contributed by atoms with Crippen LogP contribution in [0, 0.1) is 0 Å². The number of carbonyl (C=O) groups excluding carboxylic acids is 1. The highest BCUT2D eigenvalue weighted by molar-refractivity contribution is 7.94. The molecule has 180 valence electrons. The zero-order valence-corrected chi connectivity index (χ0v) is 20.9. The van der Waals surface area contributed by atoms with Crippen LogP contribution in [-0.4, -0.2) is 25.1 Å². The molecular formula is C27H22N4O3S2. The second kappa shape index (κ2) is 9.80. The summed E-state index contributed by atoms with van der Waals surface area (Å²) in [5.74, 6) is -0.530. The third-order valence-electron chi connectivity index (χ3n) is 5.73. The molecule has 3 aromatic carbocycles. The summed E-state index contributed by atoms with van der Waals surface area (Å²) in [4.78, 5) is 13.0. The van der Waals surface area contributed by atoms with Gasteiger partial charge in [0.1, 0.15) is 4.21 Å². The Bertz CT molecular complexity index is 1670. The lowest BCUT2D eigenvalue weighted by molar-refractivity contribution is 0.0956. The Kier molecular flexibility index (Phi) is 6.41. The zero-order chi connectivity index (χ0) is 25.1. The molecule has 5 aromatic rings. The summed E-state index contributed by atoms with van der Waals surface area (Å²) in [6, 6.07) is 27.5. The third-order valence-corrected chi connectivity index (χ3v) is 8.49. The topological polar surface area (TPSA) is 92.6 Å². The Balaban J connectivity index is 1.44. The molecular weight excluding hydrogens is 492 g/mol. The van der Waals surface area contributed by atoms with Crippen molar-refractivity contribution in [1.29, 1.82) is 0 Å². The summed E-state index contributed by atoms with van der Waals surface area (Å²) < 4.78 is 30.1. The minimum Gasteiger partial charge on any atom is -0.343 e. The van der Waals surface area contributed by atoms with E-state index in [1.165, 1.54) is 6.07 Å². The highest BCUT2D eigenvalue weighted by Crippen LogP contribution is 2.31. The number of benzene rings is 3. The lowest BCUT2D eigenvalue weighted by atomic mass is 10.1. The molecule has 1 amide bonds. The molecule has 0 saturated heterocycles. The Morgan fingerprint density at radius 1 is 0.917 bits per heavy atom. The van der Waals surface area contributed by atoms with E-state index in [0.29, 0.717) is 0 Å². The average Bonchev–Trinajstić information content (AvgIpc) is 3.53. The van der Waals surface area contributed by atoms with E-state index in [9.17, 15) is 13.2 Å². The van der Waals surface area contributed by atoms with Gasteiger partial charge in [0.25, 0.3) is 15.9 Å². The molecule has 2 aromatic heterocycles. The second-order valence-corrected chi connectivity index (χ2v) is 10.8. The Labute approximate surface area is 212 Å². The van der Waals surface area contributed by atoms with Crippen molar-refractivity contribution in [2.45, 2.75) is 4.21 Å². The van der Waals surface area contributed by atoms with Gasteiger partial charge in [0.15, 0.2) is 0 Å². The fraction of sp³-hybridized carbons (Fsp3) is 0.0370. The third kappa shape index (κ3) is 4.53. The highest BCUT2D eigenvalue weighted by Gasteiger charge is 2.19. The number of aromatic nitrogens is 1. The number of amides is 1. The fourth-order valence-corrected chi connectivity index (χ4v) is 6.17. The number of nitrogens with zero attached hydrogens (tertiary/aromatic N) is 2. The molecule has 0 aliphatic rings. The van der Waals surface area contributed by atoms with Crippen molar-refractivity contribution in [3.63, 3.8) is 0 Å². The number of fused-ring (bicyclic) bond motifs is 1. The first-order valence-electron chi connectivity index (χ1n) is 11.1. The molecule has 2 heterocycles. The first kappa shape index (κ1) is 23.5. The number of para-hydroxylation sites is 2. The predicted octanol–water partition coefficient (Wildman–Crippen LogP) is 5.47. The minimum atomic E-state index is -3.80. The van der Waals surface area contributed by atoms with Crippen molar-refractivity contribution in [1.82, 2.24) is 9.99 Å². The molecule has 0 saturated carbocycles. The zero-order valence-electron chi connectivity index (χ0n) is 19.3. The van der Waals surface area contributed by atoms with Crippen LogP contribution in [0.3, 0.4) is 0 Å². The summed E-state index contributed by atoms with van der Waals surface area (Å²) in [5, 5.41) is 6.92. The maximum atomic E-state index is 13.0. The number of nitrogens with one attached hydrogen (secondary N) is 2. The molecule has 0 unspecified atom stereocenters. The minimum absolute atomic E-state index is 0.163. The largest absolute Gasteiger partial charge is 0.343 e. The lowest BCUT2D eigenvalue weighted by Gasteiger charge is -2.10. The van der Waals surface area contributed by atoms with Crippen LogP contribution >= 0.6 is 11.3 Å². The SMILES string of the molecule is Cn1c(-c2ccccc2)c(/C=N/NC(=O)c2ccccc2NS(=O)(=O)c2cccs2)c2ccccc21. The number of thiophene rings is 1.